The fourth-order valence-corrected chi connectivity index (χ4v) is 3.70. The van der Waals surface area contributed by atoms with Crippen LogP contribution in [0.15, 0.2) is 107 Å². The van der Waals surface area contributed by atoms with Crippen molar-refractivity contribution >= 4 is 64.6 Å². The van der Waals surface area contributed by atoms with Crippen LogP contribution >= 0.6 is 23.2 Å². The number of carboxylic acid groups (broad SMARTS) is 1. The van der Waals surface area contributed by atoms with Gasteiger partial charge >= 0.3 is 17.1 Å². The van der Waals surface area contributed by atoms with Crippen LogP contribution in [0.4, 0.5) is 23.0 Å². The van der Waals surface area contributed by atoms with Gasteiger partial charge in [0.05, 0.1) is 17.3 Å². The summed E-state index contributed by atoms with van der Waals surface area (Å²) < 4.78 is 0. The van der Waals surface area contributed by atoms with Crippen LogP contribution in [0.5, 0.6) is 11.5 Å². The van der Waals surface area contributed by atoms with Gasteiger partial charge < -0.3 is 25.4 Å². The number of para-hydroxylation sites is 4. The van der Waals surface area contributed by atoms with Crippen LogP contribution in [-0.2, 0) is 17.1 Å². The zero-order chi connectivity index (χ0) is 29.9. The van der Waals surface area contributed by atoms with Gasteiger partial charge in [0.1, 0.15) is 0 Å². The first-order chi connectivity index (χ1) is 20.3. The number of hydrogen-bond acceptors (Lipinski definition) is 10. The molecule has 0 saturated heterocycles. The summed E-state index contributed by atoms with van der Waals surface area (Å²) in [6.07, 6.45) is 3.05. The van der Waals surface area contributed by atoms with Crippen molar-refractivity contribution in [3.63, 3.8) is 0 Å². The maximum absolute atomic E-state index is 11.7. The van der Waals surface area contributed by atoms with Crippen molar-refractivity contribution in [2.24, 2.45) is 9.98 Å². The molecular weight excluding hydrogens is 635 g/mol. The molecule has 5 aromatic rings. The number of carbonyl (C=O) groups is 1. The molecule has 1 aromatic heterocycles. The van der Waals surface area contributed by atoms with E-state index in [0.717, 1.165) is 0 Å². The van der Waals surface area contributed by atoms with E-state index in [4.69, 9.17) is 23.2 Å². The normalized spacial score (nSPS) is 10.6. The molecule has 5 rings (SSSR count). The zero-order valence-electron chi connectivity index (χ0n) is 21.9. The van der Waals surface area contributed by atoms with E-state index in [1.165, 1.54) is 48.8 Å². The summed E-state index contributed by atoms with van der Waals surface area (Å²) in [5, 5.41) is 36.7. The van der Waals surface area contributed by atoms with Gasteiger partial charge in [-0.15, -0.1) is 11.5 Å². The maximum Gasteiger partial charge on any atom is 3.00 e. The third-order valence-corrected chi connectivity index (χ3v) is 5.70. The summed E-state index contributed by atoms with van der Waals surface area (Å²) in [6, 6.07) is 26.5. The number of nitrogens with zero attached hydrogens (tertiary/aromatic N) is 5. The minimum Gasteiger partial charge on any atom is -0.872 e. The van der Waals surface area contributed by atoms with E-state index < -0.39 is 5.97 Å². The molecule has 215 valence electrons. The van der Waals surface area contributed by atoms with E-state index in [1.54, 1.807) is 48.5 Å². The molecule has 13 heteroatoms. The van der Waals surface area contributed by atoms with Gasteiger partial charge in [-0.1, -0.05) is 72.8 Å². The molecule has 0 amide bonds. The van der Waals surface area contributed by atoms with Gasteiger partial charge in [-0.05, 0) is 64.2 Å². The van der Waals surface area contributed by atoms with Crippen LogP contribution in [0.1, 0.15) is 21.5 Å². The quantitative estimate of drug-likeness (QED) is 0.197. The van der Waals surface area contributed by atoms with E-state index in [9.17, 15) is 20.1 Å². The first kappa shape index (κ1) is 32.7. The number of benzene rings is 4. The summed E-state index contributed by atoms with van der Waals surface area (Å²) in [6.45, 7) is 0. The van der Waals surface area contributed by atoms with Crippen molar-refractivity contribution in [3.05, 3.63) is 124 Å². The predicted molar refractivity (Wildman–Crippen MR) is 157 cm³/mol. The number of carbonyl (C=O) groups excluding carboxylic acids is 1. The van der Waals surface area contributed by atoms with Crippen molar-refractivity contribution in [2.75, 3.05) is 5.32 Å². The molecule has 43 heavy (non-hydrogen) atoms. The summed E-state index contributed by atoms with van der Waals surface area (Å²) >= 11 is 11.2. The van der Waals surface area contributed by atoms with Crippen LogP contribution in [0.25, 0.3) is 0 Å². The van der Waals surface area contributed by atoms with Crippen molar-refractivity contribution in [3.8, 4) is 11.5 Å². The molecule has 1 N–H and O–H groups in total. The summed E-state index contributed by atoms with van der Waals surface area (Å²) in [4.78, 5) is 30.5. The number of carboxylic acids is 1. The van der Waals surface area contributed by atoms with Gasteiger partial charge in [0.15, 0.2) is 0 Å². The Kier molecular flexibility index (Phi) is 12.2. The number of nitrogens with one attached hydrogen (secondary N) is 1. The molecule has 0 atom stereocenters. The Labute approximate surface area is 267 Å². The van der Waals surface area contributed by atoms with Crippen LogP contribution in [0, 0.1) is 0 Å². The minimum atomic E-state index is -1.24. The molecule has 10 nitrogen and oxygen atoms in total. The topological polar surface area (TPSA) is 162 Å². The molecule has 0 bridgehead atoms. The summed E-state index contributed by atoms with van der Waals surface area (Å²) in [5.74, 6) is -1.24. The predicted octanol–water partition coefficient (Wildman–Crippen LogP) is 4.62. The van der Waals surface area contributed by atoms with E-state index >= 15 is 0 Å². The average Bonchev–Trinajstić information content (AvgIpc) is 2.97. The number of anilines is 2. The first-order valence-electron chi connectivity index (χ1n) is 12.1. The average molecular weight is 654 g/mol. The monoisotopic (exact) mass is 653 g/mol. The number of rotatable bonds is 7. The molecule has 0 unspecified atom stereocenters. The molecule has 1 heterocycles. The second-order valence-corrected chi connectivity index (χ2v) is 8.94. The molecule has 4 aromatic carbocycles. The molecule has 0 aliphatic heterocycles. The standard InChI is InChI=1S/C20H16N2O2.C10H6Cl2N4O2.Fe/c23-19-11-5-1-7-15(19)13-21-17-9-3-4-10-18(17)22-14-16-8-2-6-12-20(16)24;11-8-14-9(12)16-10(15-8)13-6-3-1-5(2-4-6)7(17)18;/h1-14,23-24H;1-4H,(H,17,18)(H,13,14,15,16);/q;;+3/p-3. The maximum atomic E-state index is 11.7. The van der Waals surface area contributed by atoms with Crippen LogP contribution in [0.2, 0.25) is 10.6 Å². The van der Waals surface area contributed by atoms with Gasteiger partial charge in [0.25, 0.3) is 0 Å². The van der Waals surface area contributed by atoms with E-state index in [-0.39, 0.29) is 50.6 Å². The van der Waals surface area contributed by atoms with E-state index in [2.05, 4.69) is 30.3 Å². The fraction of sp³-hybridized carbons (Fsp3) is 0. The Morgan fingerprint density at radius 2 is 1.12 bits per heavy atom. The summed E-state index contributed by atoms with van der Waals surface area (Å²) in [7, 11) is 0. The molecular formula is C30H19Cl2FeN6O4. The Morgan fingerprint density at radius 3 is 1.56 bits per heavy atom. The Hall–Kier alpha value is -4.80. The number of halogens is 2. The first-order valence-corrected chi connectivity index (χ1v) is 12.9. The van der Waals surface area contributed by atoms with Crippen molar-refractivity contribution in [2.45, 2.75) is 0 Å². The Balaban J connectivity index is 0.000000239. The van der Waals surface area contributed by atoms with Gasteiger partial charge in [0.2, 0.25) is 16.5 Å². The van der Waals surface area contributed by atoms with Crippen LogP contribution in [0.3, 0.4) is 0 Å². The van der Waals surface area contributed by atoms with Crippen molar-refractivity contribution in [1.29, 1.82) is 0 Å². The SMILES string of the molecule is O=C([O-])c1ccc(Nc2nc(Cl)nc(Cl)n2)cc1.[Fe+3].[O-]c1ccccc1C=Nc1ccccc1N=Cc1ccccc1[O-]. The van der Waals surface area contributed by atoms with E-state index in [1.807, 2.05) is 12.1 Å². The number of aliphatic imine (C=N–C) groups is 2. The Bertz CT molecular complexity index is 1660. The van der Waals surface area contributed by atoms with Gasteiger partial charge in [-0.3, -0.25) is 9.98 Å². The molecule has 0 spiro atoms. The molecule has 1 radical (unpaired) electrons. The van der Waals surface area contributed by atoms with Gasteiger partial charge in [-0.25, -0.2) is 0 Å². The minimum absolute atomic E-state index is 0. The van der Waals surface area contributed by atoms with Gasteiger partial charge in [-0.2, -0.15) is 15.0 Å². The molecule has 0 saturated carbocycles. The smallest absolute Gasteiger partial charge is 0.872 e. The zero-order valence-corrected chi connectivity index (χ0v) is 24.5. The Morgan fingerprint density at radius 1 is 0.674 bits per heavy atom. The third-order valence-electron chi connectivity index (χ3n) is 5.36. The number of aromatic carboxylic acids is 1. The molecule has 0 fully saturated rings. The third kappa shape index (κ3) is 9.91. The van der Waals surface area contributed by atoms with Gasteiger partial charge in [0, 0.05) is 18.1 Å². The summed E-state index contributed by atoms with van der Waals surface area (Å²) in [5.41, 5.74) is 2.94. The van der Waals surface area contributed by atoms with Crippen molar-refractivity contribution in [1.82, 2.24) is 15.0 Å². The number of aromatic nitrogens is 3. The largest absolute Gasteiger partial charge is 3.00 e. The fourth-order valence-electron chi connectivity index (χ4n) is 3.34. The van der Waals surface area contributed by atoms with Crippen LogP contribution in [-0.4, -0.2) is 33.4 Å². The number of hydrogen-bond donors (Lipinski definition) is 1. The second kappa shape index (κ2) is 16.0. The van der Waals surface area contributed by atoms with E-state index in [0.29, 0.717) is 28.2 Å². The van der Waals surface area contributed by atoms with Crippen LogP contribution < -0.4 is 20.6 Å². The van der Waals surface area contributed by atoms with Crippen molar-refractivity contribution < 1.29 is 37.2 Å². The molecule has 0 aliphatic carbocycles. The second-order valence-electron chi connectivity index (χ2n) is 8.27. The molecule has 0 aliphatic rings.